The van der Waals surface area contributed by atoms with E-state index in [4.69, 9.17) is 0 Å². The molecule has 0 atom stereocenters. The fraction of sp³-hybridized carbons (Fsp3) is 0.364. The van der Waals surface area contributed by atoms with Gasteiger partial charge in [0.15, 0.2) is 0 Å². The maximum atomic E-state index is 12.3. The normalized spacial score (nSPS) is 18.2. The summed E-state index contributed by atoms with van der Waals surface area (Å²) in [5, 5.41) is 0. The Kier molecular flexibility index (Phi) is 2.50. The highest BCUT2D eigenvalue weighted by Gasteiger charge is 2.33. The van der Waals surface area contributed by atoms with Crippen LogP contribution < -0.4 is 0 Å². The number of amidine groups is 1. The first-order chi connectivity index (χ1) is 7.44. The van der Waals surface area contributed by atoms with Gasteiger partial charge in [-0.2, -0.15) is 0 Å². The molecule has 0 radical (unpaired) electrons. The van der Waals surface area contributed by atoms with Crippen LogP contribution in [0.1, 0.15) is 20.8 Å². The fourth-order valence-electron chi connectivity index (χ4n) is 1.92. The molecule has 0 saturated carbocycles. The molecule has 0 N–H and O–H groups in total. The summed E-state index contributed by atoms with van der Waals surface area (Å²) in [4.78, 5) is 4.59. The van der Waals surface area contributed by atoms with Gasteiger partial charge >= 0.3 is 0 Å². The highest BCUT2D eigenvalue weighted by Crippen LogP contribution is 2.32. The molecule has 5 heteroatoms. The summed E-state index contributed by atoms with van der Waals surface area (Å²) in [7, 11) is -3.43. The highest BCUT2D eigenvalue weighted by molar-refractivity contribution is 7.90. The van der Waals surface area contributed by atoms with Crippen molar-refractivity contribution in [2.24, 2.45) is 4.99 Å². The monoisotopic (exact) mass is 238 g/mol. The lowest BCUT2D eigenvalue weighted by atomic mass is 10.3. The number of sulfonamides is 1. The van der Waals surface area contributed by atoms with Crippen LogP contribution in [0.5, 0.6) is 0 Å². The Labute approximate surface area is 95.7 Å². The first-order valence-corrected chi connectivity index (χ1v) is 6.57. The lowest BCUT2D eigenvalue weighted by Gasteiger charge is -2.31. The quantitative estimate of drug-likeness (QED) is 0.752. The van der Waals surface area contributed by atoms with Crippen LogP contribution in [0, 0.1) is 0 Å². The van der Waals surface area contributed by atoms with Gasteiger partial charge in [-0.05, 0) is 32.9 Å². The average molecular weight is 238 g/mol. The molecule has 0 unspecified atom stereocenters. The van der Waals surface area contributed by atoms with E-state index in [1.54, 1.807) is 31.2 Å². The lowest BCUT2D eigenvalue weighted by Crippen LogP contribution is -2.42. The minimum Gasteiger partial charge on any atom is -0.251 e. The number of benzene rings is 1. The van der Waals surface area contributed by atoms with E-state index >= 15 is 0 Å². The van der Waals surface area contributed by atoms with E-state index in [9.17, 15) is 8.42 Å². The van der Waals surface area contributed by atoms with Crippen LogP contribution in [0.4, 0.5) is 5.69 Å². The number of hydrogen-bond acceptors (Lipinski definition) is 3. The minimum atomic E-state index is -3.43. The summed E-state index contributed by atoms with van der Waals surface area (Å²) >= 11 is 0. The van der Waals surface area contributed by atoms with Gasteiger partial charge in [-0.15, -0.1) is 0 Å². The number of hydrogen-bond donors (Lipinski definition) is 0. The summed E-state index contributed by atoms with van der Waals surface area (Å²) in [6.07, 6.45) is 0. The van der Waals surface area contributed by atoms with Crippen LogP contribution >= 0.6 is 0 Å². The van der Waals surface area contributed by atoms with Crippen molar-refractivity contribution < 1.29 is 8.42 Å². The average Bonchev–Trinajstić information content (AvgIpc) is 2.15. The molecule has 0 aromatic heterocycles. The fourth-order valence-corrected chi connectivity index (χ4v) is 3.71. The smallest absolute Gasteiger partial charge is 0.251 e. The molecule has 1 aliphatic heterocycles. The van der Waals surface area contributed by atoms with Gasteiger partial charge in [0.1, 0.15) is 10.7 Å². The highest BCUT2D eigenvalue weighted by atomic mass is 32.2. The van der Waals surface area contributed by atoms with E-state index in [1.807, 2.05) is 13.8 Å². The Hall–Kier alpha value is -1.36. The summed E-state index contributed by atoms with van der Waals surface area (Å²) in [5.74, 6) is 0.522. The molecule has 0 aliphatic carbocycles. The van der Waals surface area contributed by atoms with Crippen LogP contribution in [-0.2, 0) is 10.0 Å². The molecule has 1 aromatic rings. The third-order valence-corrected chi connectivity index (χ3v) is 4.58. The van der Waals surface area contributed by atoms with Crippen LogP contribution in [0.25, 0.3) is 0 Å². The molecule has 0 spiro atoms. The molecule has 86 valence electrons. The van der Waals surface area contributed by atoms with Gasteiger partial charge in [0.2, 0.25) is 0 Å². The van der Waals surface area contributed by atoms with Gasteiger partial charge < -0.3 is 0 Å². The molecule has 0 amide bonds. The zero-order valence-electron chi connectivity index (χ0n) is 9.51. The van der Waals surface area contributed by atoms with Crippen molar-refractivity contribution in [2.75, 3.05) is 0 Å². The summed E-state index contributed by atoms with van der Waals surface area (Å²) < 4.78 is 26.0. The largest absolute Gasteiger partial charge is 0.267 e. The molecule has 0 saturated heterocycles. The Morgan fingerprint density at radius 1 is 1.25 bits per heavy atom. The summed E-state index contributed by atoms with van der Waals surface area (Å²) in [6.45, 7) is 5.39. The van der Waals surface area contributed by atoms with Crippen LogP contribution in [0.3, 0.4) is 0 Å². The van der Waals surface area contributed by atoms with Crippen molar-refractivity contribution in [3.63, 3.8) is 0 Å². The van der Waals surface area contributed by atoms with Gasteiger partial charge in [-0.25, -0.2) is 13.4 Å². The lowest BCUT2D eigenvalue weighted by molar-refractivity contribution is 0.466. The number of nitrogens with zero attached hydrogens (tertiary/aromatic N) is 2. The molecule has 0 fully saturated rings. The SMILES string of the molecule is CC1=Nc2ccccc2S(=O)(=O)N1C(C)C. The zero-order valence-corrected chi connectivity index (χ0v) is 10.3. The second-order valence-corrected chi connectivity index (χ2v) is 5.80. The van der Waals surface area contributed by atoms with E-state index in [1.165, 1.54) is 4.31 Å². The van der Waals surface area contributed by atoms with Gasteiger partial charge in [-0.3, -0.25) is 4.31 Å². The minimum absolute atomic E-state index is 0.123. The molecule has 16 heavy (non-hydrogen) atoms. The van der Waals surface area contributed by atoms with Gasteiger partial charge in [0.05, 0.1) is 5.69 Å². The van der Waals surface area contributed by atoms with E-state index in [0.717, 1.165) is 0 Å². The first-order valence-electron chi connectivity index (χ1n) is 5.13. The summed E-state index contributed by atoms with van der Waals surface area (Å²) in [5.41, 5.74) is 0.525. The third-order valence-electron chi connectivity index (χ3n) is 2.47. The van der Waals surface area contributed by atoms with Crippen LogP contribution in [0.15, 0.2) is 34.2 Å². The van der Waals surface area contributed by atoms with Gasteiger partial charge in [0.25, 0.3) is 10.0 Å². The molecule has 1 aliphatic rings. The van der Waals surface area contributed by atoms with E-state index < -0.39 is 10.0 Å². The van der Waals surface area contributed by atoms with Crippen molar-refractivity contribution >= 4 is 21.5 Å². The first kappa shape index (κ1) is 11.1. The standard InChI is InChI=1S/C11H14N2O2S/c1-8(2)13-9(3)12-10-6-4-5-7-11(10)16(13,14)15/h4-8H,1-3H3. The molecule has 1 aromatic carbocycles. The zero-order chi connectivity index (χ0) is 11.9. The number of para-hydroxylation sites is 1. The Balaban J connectivity index is 2.71. The van der Waals surface area contributed by atoms with Crippen molar-refractivity contribution in [1.82, 2.24) is 4.31 Å². The second-order valence-electron chi connectivity index (χ2n) is 4.02. The van der Waals surface area contributed by atoms with Crippen molar-refractivity contribution in [3.05, 3.63) is 24.3 Å². The van der Waals surface area contributed by atoms with Gasteiger partial charge in [0, 0.05) is 6.04 Å². The predicted molar refractivity (Wildman–Crippen MR) is 63.4 cm³/mol. The Bertz CT molecular complexity index is 547. The molecule has 4 nitrogen and oxygen atoms in total. The maximum absolute atomic E-state index is 12.3. The Morgan fingerprint density at radius 2 is 1.88 bits per heavy atom. The predicted octanol–water partition coefficient (Wildman–Crippen LogP) is 2.15. The Morgan fingerprint density at radius 3 is 2.50 bits per heavy atom. The van der Waals surface area contributed by atoms with Crippen LogP contribution in [0.2, 0.25) is 0 Å². The van der Waals surface area contributed by atoms with E-state index in [0.29, 0.717) is 11.5 Å². The number of aliphatic imine (C=N–C) groups is 1. The third kappa shape index (κ3) is 1.51. The van der Waals surface area contributed by atoms with Gasteiger partial charge in [-0.1, -0.05) is 12.1 Å². The summed E-state index contributed by atoms with van der Waals surface area (Å²) in [6, 6.07) is 6.69. The van der Waals surface area contributed by atoms with Crippen LogP contribution in [-0.4, -0.2) is 24.6 Å². The number of fused-ring (bicyclic) bond motifs is 1. The number of rotatable bonds is 1. The van der Waals surface area contributed by atoms with Crippen molar-refractivity contribution in [1.29, 1.82) is 0 Å². The van der Waals surface area contributed by atoms with E-state index in [2.05, 4.69) is 4.99 Å². The topological polar surface area (TPSA) is 49.7 Å². The molecule has 2 rings (SSSR count). The molecule has 0 bridgehead atoms. The van der Waals surface area contributed by atoms with Crippen molar-refractivity contribution in [2.45, 2.75) is 31.7 Å². The molecular weight excluding hydrogens is 224 g/mol. The second kappa shape index (κ2) is 3.59. The maximum Gasteiger partial charge on any atom is 0.267 e. The van der Waals surface area contributed by atoms with Crippen molar-refractivity contribution in [3.8, 4) is 0 Å². The molecule has 1 heterocycles. The molecular formula is C11H14N2O2S. The van der Waals surface area contributed by atoms with E-state index in [-0.39, 0.29) is 10.9 Å².